The van der Waals surface area contributed by atoms with Gasteiger partial charge in [-0.25, -0.2) is 10.8 Å². The third-order valence-electron chi connectivity index (χ3n) is 6.96. The van der Waals surface area contributed by atoms with Gasteiger partial charge in [0.05, 0.1) is 52.9 Å². The van der Waals surface area contributed by atoms with Crippen molar-refractivity contribution in [2.24, 2.45) is 16.6 Å². The molecule has 1 heterocycles. The lowest BCUT2D eigenvalue weighted by Crippen LogP contribution is -2.38. The van der Waals surface area contributed by atoms with Gasteiger partial charge in [0.15, 0.2) is 0 Å². The number of aryl methyl sites for hydroxylation is 2. The normalized spacial score (nSPS) is 12.3. The van der Waals surface area contributed by atoms with E-state index in [0.717, 1.165) is 12.1 Å². The van der Waals surface area contributed by atoms with E-state index in [1.165, 1.54) is 58.3 Å². The Balaban J connectivity index is 1.75. The van der Waals surface area contributed by atoms with E-state index in [-0.39, 0.29) is 41.0 Å². The van der Waals surface area contributed by atoms with Crippen LogP contribution in [0, 0.1) is 13.8 Å². The molecule has 2 amide bonds. The Morgan fingerprint density at radius 2 is 1.96 bits per heavy atom. The Bertz CT molecular complexity index is 1660. The third kappa shape index (κ3) is 11.0. The highest BCUT2D eigenvalue weighted by Gasteiger charge is 2.31. The van der Waals surface area contributed by atoms with Gasteiger partial charge in [0.1, 0.15) is 0 Å². The molecule has 0 saturated carbocycles. The van der Waals surface area contributed by atoms with E-state index in [1.807, 2.05) is 11.8 Å². The van der Waals surface area contributed by atoms with E-state index in [9.17, 15) is 22.8 Å². The molecule has 0 fully saturated rings. The lowest BCUT2D eigenvalue weighted by Gasteiger charge is -2.20. The topological polar surface area (TPSA) is 156 Å². The number of methoxy groups -OCH3 is 1. The van der Waals surface area contributed by atoms with Gasteiger partial charge in [-0.15, -0.1) is 11.8 Å². The van der Waals surface area contributed by atoms with Crippen LogP contribution in [0.5, 0.6) is 0 Å². The zero-order chi connectivity index (χ0) is 35.4. The maximum Gasteiger partial charge on any atom is 0.416 e. The van der Waals surface area contributed by atoms with Crippen LogP contribution < -0.4 is 27.2 Å². The molecule has 2 aromatic carbocycles. The molecule has 0 aliphatic carbocycles. The standard InChI is InChI=1S/C32H40F3N9O3S/c1-6-42(9-10-47-5)18-30(45)40-20-48-29(15-38-4)27(36)17-44(37)28-11-23(8-7-21(28)2)31(46)41-25-12-24(32(33,34)35)13-26(14-25)43-16-22(3)39-19-43/h7-8,11-17,19H,4,6,9-10,18,20,36-37H2,1-3,5H3,(H,40,45)(H,41,46)/b27-17-,29-15-. The van der Waals surface area contributed by atoms with E-state index >= 15 is 0 Å². The predicted molar refractivity (Wildman–Crippen MR) is 184 cm³/mol. The molecule has 0 spiro atoms. The molecule has 0 radical (unpaired) electrons. The molecule has 0 aliphatic heterocycles. The van der Waals surface area contributed by atoms with Crippen molar-refractivity contribution in [2.45, 2.75) is 26.9 Å². The highest BCUT2D eigenvalue weighted by atomic mass is 32.2. The average Bonchev–Trinajstić information content (AvgIpc) is 3.48. The molecule has 3 aromatic rings. The van der Waals surface area contributed by atoms with E-state index in [2.05, 4.69) is 27.3 Å². The second-order valence-electron chi connectivity index (χ2n) is 10.6. The van der Waals surface area contributed by atoms with Gasteiger partial charge >= 0.3 is 6.18 Å². The first kappa shape index (κ1) is 37.8. The van der Waals surface area contributed by atoms with Gasteiger partial charge in [-0.3, -0.25) is 24.5 Å². The van der Waals surface area contributed by atoms with Gasteiger partial charge in [0, 0.05) is 49.2 Å². The number of aromatic nitrogens is 2. The number of aliphatic imine (C=N–C) groups is 1. The van der Waals surface area contributed by atoms with Crippen molar-refractivity contribution >= 4 is 41.7 Å². The van der Waals surface area contributed by atoms with Gasteiger partial charge in [0.25, 0.3) is 5.91 Å². The monoisotopic (exact) mass is 687 g/mol. The fraction of sp³-hybridized carbons (Fsp3) is 0.312. The van der Waals surface area contributed by atoms with Crippen LogP contribution in [0.1, 0.15) is 34.1 Å². The van der Waals surface area contributed by atoms with Gasteiger partial charge < -0.3 is 25.7 Å². The molecular formula is C32H40F3N9O3S. The number of amides is 2. The van der Waals surface area contributed by atoms with Crippen molar-refractivity contribution in [1.29, 1.82) is 0 Å². The third-order valence-corrected chi connectivity index (χ3v) is 7.90. The van der Waals surface area contributed by atoms with Crippen LogP contribution in [0.2, 0.25) is 0 Å². The summed E-state index contributed by atoms with van der Waals surface area (Å²) in [4.78, 5) is 36.0. The molecule has 12 nitrogen and oxygen atoms in total. The number of rotatable bonds is 16. The van der Waals surface area contributed by atoms with Crippen molar-refractivity contribution < 1.29 is 27.5 Å². The van der Waals surface area contributed by atoms with Crippen molar-refractivity contribution in [2.75, 3.05) is 49.6 Å². The number of thioether (sulfide) groups is 1. The minimum atomic E-state index is -4.65. The molecular weight excluding hydrogens is 647 g/mol. The number of nitrogens with one attached hydrogen (secondary N) is 2. The molecule has 16 heteroatoms. The Morgan fingerprint density at radius 1 is 1.21 bits per heavy atom. The quantitative estimate of drug-likeness (QED) is 0.0558. The number of anilines is 2. The second-order valence-corrected chi connectivity index (χ2v) is 11.6. The first-order valence-corrected chi connectivity index (χ1v) is 15.7. The Hall–Kier alpha value is -4.64. The largest absolute Gasteiger partial charge is 0.416 e. The summed E-state index contributed by atoms with van der Waals surface area (Å²) in [5, 5.41) is 6.60. The van der Waals surface area contributed by atoms with Crippen LogP contribution in [0.15, 0.2) is 76.9 Å². The number of alkyl halides is 3. The van der Waals surface area contributed by atoms with E-state index < -0.39 is 17.6 Å². The SMILES string of the molecule is C=N/C=C(SCNC(=O)CN(CC)CCOC)/C(N)=C/N(N)c1cc(C(=O)Nc2cc(-n3cnc(C)c3)cc(C(F)(F)F)c2)ccc1C. The van der Waals surface area contributed by atoms with Gasteiger partial charge in [-0.1, -0.05) is 13.0 Å². The minimum absolute atomic E-state index is 0.0553. The Morgan fingerprint density at radius 3 is 2.58 bits per heavy atom. The number of nitrogens with two attached hydrogens (primary N) is 2. The molecule has 0 unspecified atom stereocenters. The first-order chi connectivity index (χ1) is 22.7. The van der Waals surface area contributed by atoms with Crippen LogP contribution in [0.25, 0.3) is 5.69 Å². The maximum atomic E-state index is 13.7. The van der Waals surface area contributed by atoms with Crippen LogP contribution in [0.3, 0.4) is 0 Å². The maximum absolute atomic E-state index is 13.7. The molecule has 3 rings (SSSR count). The average molecular weight is 688 g/mol. The fourth-order valence-corrected chi connectivity index (χ4v) is 5.13. The number of carbonyl (C=O) groups is 2. The molecule has 48 heavy (non-hydrogen) atoms. The van der Waals surface area contributed by atoms with E-state index in [4.69, 9.17) is 16.3 Å². The fourth-order valence-electron chi connectivity index (χ4n) is 4.37. The zero-order valence-electron chi connectivity index (χ0n) is 27.2. The van der Waals surface area contributed by atoms with Gasteiger partial charge in [-0.05, 0) is 63.0 Å². The predicted octanol–water partition coefficient (Wildman–Crippen LogP) is 4.56. The summed E-state index contributed by atoms with van der Waals surface area (Å²) in [6.45, 7) is 11.0. The number of imidazole rings is 1. The first-order valence-electron chi connectivity index (χ1n) is 14.7. The number of nitrogens with zero attached hydrogens (tertiary/aromatic N) is 5. The second kappa shape index (κ2) is 17.5. The van der Waals surface area contributed by atoms with Crippen LogP contribution in [-0.2, 0) is 15.7 Å². The Kier molecular flexibility index (Phi) is 13.8. The molecule has 0 aliphatic rings. The lowest BCUT2D eigenvalue weighted by atomic mass is 10.1. The van der Waals surface area contributed by atoms with Gasteiger partial charge in [0.2, 0.25) is 5.91 Å². The molecule has 1 aromatic heterocycles. The number of benzene rings is 2. The zero-order valence-corrected chi connectivity index (χ0v) is 28.0. The summed E-state index contributed by atoms with van der Waals surface area (Å²) >= 11 is 1.22. The van der Waals surface area contributed by atoms with Crippen LogP contribution in [-0.4, -0.2) is 72.2 Å². The highest BCUT2D eigenvalue weighted by Crippen LogP contribution is 2.33. The minimum Gasteiger partial charge on any atom is -0.397 e. The van der Waals surface area contributed by atoms with Crippen LogP contribution >= 0.6 is 11.8 Å². The molecule has 0 saturated heterocycles. The lowest BCUT2D eigenvalue weighted by molar-refractivity contribution is -0.137. The highest BCUT2D eigenvalue weighted by molar-refractivity contribution is 8.03. The van der Waals surface area contributed by atoms with Crippen molar-refractivity contribution in [3.8, 4) is 5.69 Å². The number of hydrogen-bond acceptors (Lipinski definition) is 10. The van der Waals surface area contributed by atoms with Crippen molar-refractivity contribution in [3.05, 3.63) is 94.3 Å². The molecule has 0 bridgehead atoms. The Labute approximate surface area is 281 Å². The summed E-state index contributed by atoms with van der Waals surface area (Å²) in [6, 6.07) is 7.94. The number of halogens is 3. The molecule has 6 N–H and O–H groups in total. The number of carbonyl (C=O) groups excluding carboxylic acids is 2. The molecule has 0 atom stereocenters. The molecule has 258 valence electrons. The number of hydrogen-bond donors (Lipinski definition) is 4. The van der Waals surface area contributed by atoms with E-state index in [1.54, 1.807) is 33.2 Å². The smallest absolute Gasteiger partial charge is 0.397 e. The number of likely N-dealkylation sites (N-methyl/N-ethyl adjacent to an activating group) is 1. The number of ether oxygens (including phenoxy) is 1. The summed E-state index contributed by atoms with van der Waals surface area (Å²) < 4.78 is 47.7. The summed E-state index contributed by atoms with van der Waals surface area (Å²) in [5.41, 5.74) is 7.59. The van der Waals surface area contributed by atoms with Crippen molar-refractivity contribution in [1.82, 2.24) is 19.8 Å². The van der Waals surface area contributed by atoms with Crippen LogP contribution in [0.4, 0.5) is 24.5 Å². The summed E-state index contributed by atoms with van der Waals surface area (Å²) in [6.07, 6.45) is 1.18. The number of hydrazine groups is 1. The van der Waals surface area contributed by atoms with E-state index in [0.29, 0.717) is 41.5 Å². The van der Waals surface area contributed by atoms with Gasteiger partial charge in [-0.2, -0.15) is 13.2 Å². The van der Waals surface area contributed by atoms with Crippen molar-refractivity contribution in [3.63, 3.8) is 0 Å². The summed E-state index contributed by atoms with van der Waals surface area (Å²) in [5.74, 6) is 5.72. The summed E-state index contributed by atoms with van der Waals surface area (Å²) in [7, 11) is 1.60.